The summed E-state index contributed by atoms with van der Waals surface area (Å²) in [4.78, 5) is 11.1. The summed E-state index contributed by atoms with van der Waals surface area (Å²) >= 11 is 0. The molecule has 0 bridgehead atoms. The number of carbonyl (C=O) groups excluding carboxylic acids is 1. The van der Waals surface area contributed by atoms with Gasteiger partial charge in [-0.05, 0) is 26.3 Å². The van der Waals surface area contributed by atoms with Gasteiger partial charge >= 0.3 is 0 Å². The lowest BCUT2D eigenvalue weighted by Crippen LogP contribution is -2.40. The summed E-state index contributed by atoms with van der Waals surface area (Å²) in [7, 11) is 0. The van der Waals surface area contributed by atoms with Crippen LogP contribution in [-0.2, 0) is 4.79 Å². The van der Waals surface area contributed by atoms with Gasteiger partial charge in [-0.3, -0.25) is 4.79 Å². The Morgan fingerprint density at radius 1 is 1.50 bits per heavy atom. The third-order valence-corrected chi connectivity index (χ3v) is 1.72. The molecule has 3 nitrogen and oxygen atoms in total. The molecule has 0 aromatic heterocycles. The van der Waals surface area contributed by atoms with E-state index in [1.807, 2.05) is 13.8 Å². The van der Waals surface area contributed by atoms with E-state index in [0.717, 1.165) is 12.8 Å². The zero-order chi connectivity index (χ0) is 9.56. The van der Waals surface area contributed by atoms with Crippen LogP contribution >= 0.6 is 0 Å². The molecule has 0 saturated heterocycles. The molecule has 0 aromatic rings. The molecule has 3 heteroatoms. The fraction of sp³-hybridized carbons (Fsp3) is 0.889. The zero-order valence-electron chi connectivity index (χ0n) is 8.26. The van der Waals surface area contributed by atoms with E-state index in [0.29, 0.717) is 12.6 Å². The van der Waals surface area contributed by atoms with Gasteiger partial charge in [-0.1, -0.05) is 13.8 Å². The van der Waals surface area contributed by atoms with Gasteiger partial charge in [-0.25, -0.2) is 0 Å². The molecule has 0 amide bonds. The molecule has 3 N–H and O–H groups in total. The molecule has 1 atom stereocenters. The SMILES string of the molecule is CC(=O)[C@H](CCCN)NC(C)C. The lowest BCUT2D eigenvalue weighted by molar-refractivity contribution is -0.119. The summed E-state index contributed by atoms with van der Waals surface area (Å²) in [5.41, 5.74) is 5.37. The predicted molar refractivity (Wildman–Crippen MR) is 51.0 cm³/mol. The fourth-order valence-corrected chi connectivity index (χ4v) is 1.13. The van der Waals surface area contributed by atoms with E-state index in [9.17, 15) is 4.79 Å². The normalized spacial score (nSPS) is 13.4. The zero-order valence-corrected chi connectivity index (χ0v) is 8.26. The molecule has 0 aliphatic heterocycles. The van der Waals surface area contributed by atoms with Crippen molar-refractivity contribution in [2.45, 2.75) is 45.7 Å². The molecular weight excluding hydrogens is 152 g/mol. The van der Waals surface area contributed by atoms with Crippen LogP contribution in [-0.4, -0.2) is 24.4 Å². The molecule has 0 aliphatic rings. The number of ketones is 1. The third-order valence-electron chi connectivity index (χ3n) is 1.72. The van der Waals surface area contributed by atoms with Crippen LogP contribution in [0.15, 0.2) is 0 Å². The largest absolute Gasteiger partial charge is 0.330 e. The number of rotatable bonds is 6. The van der Waals surface area contributed by atoms with Gasteiger partial charge in [0.1, 0.15) is 5.78 Å². The van der Waals surface area contributed by atoms with Gasteiger partial charge in [-0.15, -0.1) is 0 Å². The van der Waals surface area contributed by atoms with Crippen molar-refractivity contribution in [3.8, 4) is 0 Å². The van der Waals surface area contributed by atoms with E-state index in [1.165, 1.54) is 0 Å². The first-order valence-electron chi connectivity index (χ1n) is 4.54. The van der Waals surface area contributed by atoms with E-state index in [4.69, 9.17) is 5.73 Å². The third kappa shape index (κ3) is 5.27. The maximum Gasteiger partial charge on any atom is 0.146 e. The average Bonchev–Trinajstić information content (AvgIpc) is 1.96. The van der Waals surface area contributed by atoms with Crippen LogP contribution in [0.2, 0.25) is 0 Å². The van der Waals surface area contributed by atoms with Crippen LogP contribution in [0, 0.1) is 0 Å². The van der Waals surface area contributed by atoms with Crippen LogP contribution < -0.4 is 11.1 Å². The van der Waals surface area contributed by atoms with Crippen LogP contribution in [0.4, 0.5) is 0 Å². The summed E-state index contributed by atoms with van der Waals surface area (Å²) in [5, 5.41) is 3.21. The van der Waals surface area contributed by atoms with Gasteiger partial charge in [0.25, 0.3) is 0 Å². The van der Waals surface area contributed by atoms with Gasteiger partial charge in [0.15, 0.2) is 0 Å². The van der Waals surface area contributed by atoms with Crippen molar-refractivity contribution in [1.29, 1.82) is 0 Å². The van der Waals surface area contributed by atoms with Crippen LogP contribution in [0.3, 0.4) is 0 Å². The molecule has 0 aromatic carbocycles. The molecule has 0 radical (unpaired) electrons. The van der Waals surface area contributed by atoms with Crippen molar-refractivity contribution in [3.63, 3.8) is 0 Å². The second kappa shape index (κ2) is 6.14. The molecule has 12 heavy (non-hydrogen) atoms. The summed E-state index contributed by atoms with van der Waals surface area (Å²) in [6.45, 7) is 6.36. The van der Waals surface area contributed by atoms with Crippen molar-refractivity contribution in [3.05, 3.63) is 0 Å². The Morgan fingerprint density at radius 2 is 2.08 bits per heavy atom. The van der Waals surface area contributed by atoms with Gasteiger partial charge in [0, 0.05) is 6.04 Å². The van der Waals surface area contributed by atoms with Gasteiger partial charge in [-0.2, -0.15) is 0 Å². The van der Waals surface area contributed by atoms with Crippen molar-refractivity contribution in [2.75, 3.05) is 6.54 Å². The summed E-state index contributed by atoms with van der Waals surface area (Å²) in [6, 6.07) is 0.352. The Labute approximate surface area is 74.7 Å². The van der Waals surface area contributed by atoms with Crippen molar-refractivity contribution >= 4 is 5.78 Å². The van der Waals surface area contributed by atoms with Crippen LogP contribution in [0.5, 0.6) is 0 Å². The summed E-state index contributed by atoms with van der Waals surface area (Å²) in [5.74, 6) is 0.206. The predicted octanol–water partition coefficient (Wildman–Crippen LogP) is 0.681. The minimum absolute atomic E-state index is 0.00597. The number of Topliss-reactive ketones (excluding diaryl/α,β-unsaturated/α-hetero) is 1. The van der Waals surface area contributed by atoms with Crippen LogP contribution in [0.1, 0.15) is 33.6 Å². The maximum atomic E-state index is 11.1. The molecule has 0 unspecified atom stereocenters. The van der Waals surface area contributed by atoms with Crippen molar-refractivity contribution in [1.82, 2.24) is 5.32 Å². The highest BCUT2D eigenvalue weighted by molar-refractivity contribution is 5.81. The standard InChI is InChI=1S/C9H20N2O/c1-7(2)11-9(8(3)12)5-4-6-10/h7,9,11H,4-6,10H2,1-3H3/t9-/m0/s1. The van der Waals surface area contributed by atoms with E-state index < -0.39 is 0 Å². The number of hydrogen-bond donors (Lipinski definition) is 2. The first-order valence-corrected chi connectivity index (χ1v) is 4.54. The Bertz CT molecular complexity index is 134. The second-order valence-corrected chi connectivity index (χ2v) is 3.42. The highest BCUT2D eigenvalue weighted by atomic mass is 16.1. The minimum atomic E-state index is -0.00597. The van der Waals surface area contributed by atoms with Gasteiger partial charge in [0.2, 0.25) is 0 Å². The fourth-order valence-electron chi connectivity index (χ4n) is 1.13. The smallest absolute Gasteiger partial charge is 0.146 e. The molecule has 0 rings (SSSR count). The quantitative estimate of drug-likeness (QED) is 0.619. The molecule has 72 valence electrons. The Balaban J connectivity index is 3.78. The highest BCUT2D eigenvalue weighted by Gasteiger charge is 2.13. The van der Waals surface area contributed by atoms with Crippen molar-refractivity contribution < 1.29 is 4.79 Å². The monoisotopic (exact) mass is 172 g/mol. The van der Waals surface area contributed by atoms with E-state index in [-0.39, 0.29) is 11.8 Å². The first-order chi connectivity index (χ1) is 5.57. The Hall–Kier alpha value is -0.410. The molecule has 0 heterocycles. The van der Waals surface area contributed by atoms with Gasteiger partial charge < -0.3 is 11.1 Å². The Kier molecular flexibility index (Phi) is 5.93. The second-order valence-electron chi connectivity index (χ2n) is 3.42. The summed E-state index contributed by atoms with van der Waals surface area (Å²) in [6.07, 6.45) is 1.76. The molecular formula is C9H20N2O. The number of carbonyl (C=O) groups is 1. The minimum Gasteiger partial charge on any atom is -0.330 e. The molecule has 0 spiro atoms. The van der Waals surface area contributed by atoms with Crippen molar-refractivity contribution in [2.24, 2.45) is 5.73 Å². The first kappa shape index (κ1) is 11.6. The lowest BCUT2D eigenvalue weighted by Gasteiger charge is -2.17. The lowest BCUT2D eigenvalue weighted by atomic mass is 10.1. The topological polar surface area (TPSA) is 55.1 Å². The number of hydrogen-bond acceptors (Lipinski definition) is 3. The van der Waals surface area contributed by atoms with E-state index in [2.05, 4.69) is 5.32 Å². The number of nitrogens with one attached hydrogen (secondary N) is 1. The average molecular weight is 172 g/mol. The van der Waals surface area contributed by atoms with E-state index in [1.54, 1.807) is 6.92 Å². The maximum absolute atomic E-state index is 11.1. The molecule has 0 aliphatic carbocycles. The molecule has 0 fully saturated rings. The van der Waals surface area contributed by atoms with E-state index >= 15 is 0 Å². The molecule has 0 saturated carbocycles. The number of nitrogens with two attached hydrogens (primary N) is 1. The van der Waals surface area contributed by atoms with Gasteiger partial charge in [0.05, 0.1) is 6.04 Å². The summed E-state index contributed by atoms with van der Waals surface area (Å²) < 4.78 is 0. The van der Waals surface area contributed by atoms with Crippen LogP contribution in [0.25, 0.3) is 0 Å². The Morgan fingerprint density at radius 3 is 2.42 bits per heavy atom. The highest BCUT2D eigenvalue weighted by Crippen LogP contribution is 1.98.